The first kappa shape index (κ1) is 18.9. The van der Waals surface area contributed by atoms with Gasteiger partial charge in [0.1, 0.15) is 5.82 Å². The standard InChI is InChI=1S/C21H20ClFN4S/c1-13(2)27-20(19(25-21(27)28)17-6-3-4-10-24-17)18-7-5-11-26(18)14-8-9-16(23)15(22)12-14/h3-13,19-20H,1-2H3,(H,25,28)/t19-,20-/m1/s1. The van der Waals surface area contributed by atoms with Crippen molar-refractivity contribution in [2.45, 2.75) is 32.0 Å². The summed E-state index contributed by atoms with van der Waals surface area (Å²) in [6.45, 7) is 4.23. The average Bonchev–Trinajstić information content (AvgIpc) is 3.28. The van der Waals surface area contributed by atoms with E-state index in [2.05, 4.69) is 35.1 Å². The second-order valence-corrected chi connectivity index (χ2v) is 7.82. The Bertz CT molecular complexity index is 1000. The first-order chi connectivity index (χ1) is 13.5. The molecule has 0 bridgehead atoms. The van der Waals surface area contributed by atoms with E-state index in [0.717, 1.165) is 17.1 Å². The van der Waals surface area contributed by atoms with Gasteiger partial charge in [0.25, 0.3) is 0 Å². The van der Waals surface area contributed by atoms with Crippen molar-refractivity contribution in [3.8, 4) is 5.69 Å². The monoisotopic (exact) mass is 414 g/mol. The zero-order chi connectivity index (χ0) is 19.8. The van der Waals surface area contributed by atoms with Gasteiger partial charge in [0.05, 0.1) is 22.8 Å². The maximum atomic E-state index is 13.7. The summed E-state index contributed by atoms with van der Waals surface area (Å²) in [6.07, 6.45) is 3.74. The van der Waals surface area contributed by atoms with Crippen LogP contribution in [-0.4, -0.2) is 25.6 Å². The minimum atomic E-state index is -0.432. The van der Waals surface area contributed by atoms with Crippen molar-refractivity contribution >= 4 is 28.9 Å². The van der Waals surface area contributed by atoms with Crippen molar-refractivity contribution in [2.24, 2.45) is 0 Å². The van der Waals surface area contributed by atoms with Crippen LogP contribution in [0, 0.1) is 5.82 Å². The zero-order valence-corrected chi connectivity index (χ0v) is 17.1. The summed E-state index contributed by atoms with van der Waals surface area (Å²) in [4.78, 5) is 6.73. The molecule has 2 atom stereocenters. The predicted octanol–water partition coefficient (Wildman–Crippen LogP) is 5.05. The number of benzene rings is 1. The molecule has 144 valence electrons. The predicted molar refractivity (Wildman–Crippen MR) is 113 cm³/mol. The highest BCUT2D eigenvalue weighted by molar-refractivity contribution is 7.80. The van der Waals surface area contributed by atoms with E-state index in [1.54, 1.807) is 18.3 Å². The minimum absolute atomic E-state index is 0.0683. The number of nitrogens with one attached hydrogen (secondary N) is 1. The number of nitrogens with zero attached hydrogens (tertiary/aromatic N) is 3. The molecule has 0 saturated carbocycles. The first-order valence-electron chi connectivity index (χ1n) is 9.10. The molecule has 0 unspecified atom stereocenters. The van der Waals surface area contributed by atoms with Crippen LogP contribution < -0.4 is 5.32 Å². The van der Waals surface area contributed by atoms with Gasteiger partial charge in [-0.15, -0.1) is 0 Å². The SMILES string of the molecule is CC(C)N1C(=S)N[C@H](c2ccccn2)[C@H]1c1cccn1-c1ccc(F)c(Cl)c1. The van der Waals surface area contributed by atoms with Crippen LogP contribution in [0.3, 0.4) is 0 Å². The van der Waals surface area contributed by atoms with Crippen LogP contribution in [0.4, 0.5) is 4.39 Å². The minimum Gasteiger partial charge on any atom is -0.352 e. The number of aromatic nitrogens is 2. The molecule has 3 heterocycles. The van der Waals surface area contributed by atoms with Gasteiger partial charge in [-0.1, -0.05) is 17.7 Å². The Labute approximate surface area is 174 Å². The van der Waals surface area contributed by atoms with E-state index >= 15 is 0 Å². The van der Waals surface area contributed by atoms with Gasteiger partial charge in [-0.3, -0.25) is 4.98 Å². The van der Waals surface area contributed by atoms with Crippen molar-refractivity contribution in [3.63, 3.8) is 0 Å². The third kappa shape index (κ3) is 3.27. The number of halogens is 2. The van der Waals surface area contributed by atoms with E-state index in [-0.39, 0.29) is 23.1 Å². The molecule has 1 aliphatic heterocycles. The van der Waals surface area contributed by atoms with E-state index in [1.165, 1.54) is 6.07 Å². The highest BCUT2D eigenvalue weighted by atomic mass is 35.5. The lowest BCUT2D eigenvalue weighted by molar-refractivity contribution is 0.262. The summed E-state index contributed by atoms with van der Waals surface area (Å²) in [6, 6.07) is 14.7. The molecule has 4 rings (SSSR count). The summed E-state index contributed by atoms with van der Waals surface area (Å²) in [5.74, 6) is -0.432. The Kier molecular flexibility index (Phi) is 5.08. The lowest BCUT2D eigenvalue weighted by Crippen LogP contribution is -2.36. The quantitative estimate of drug-likeness (QED) is 0.606. The van der Waals surface area contributed by atoms with Gasteiger partial charge in [0.15, 0.2) is 5.11 Å². The van der Waals surface area contributed by atoms with Gasteiger partial charge in [-0.05, 0) is 68.5 Å². The van der Waals surface area contributed by atoms with Crippen LogP contribution in [0.2, 0.25) is 5.02 Å². The maximum absolute atomic E-state index is 13.7. The van der Waals surface area contributed by atoms with Crippen LogP contribution in [0.1, 0.15) is 37.3 Å². The fraction of sp³-hybridized carbons (Fsp3) is 0.238. The van der Waals surface area contributed by atoms with Gasteiger partial charge in [0.2, 0.25) is 0 Å². The Balaban J connectivity index is 1.84. The smallest absolute Gasteiger partial charge is 0.170 e. The molecule has 0 aliphatic carbocycles. The molecule has 1 N–H and O–H groups in total. The fourth-order valence-corrected chi connectivity index (χ4v) is 4.37. The molecule has 3 aromatic rings. The second kappa shape index (κ2) is 7.53. The molecule has 0 radical (unpaired) electrons. The van der Waals surface area contributed by atoms with E-state index in [9.17, 15) is 4.39 Å². The molecular weight excluding hydrogens is 395 g/mol. The van der Waals surface area contributed by atoms with Crippen molar-refractivity contribution in [2.75, 3.05) is 0 Å². The molecule has 1 fully saturated rings. The van der Waals surface area contributed by atoms with E-state index in [1.807, 2.05) is 35.0 Å². The summed E-state index contributed by atoms with van der Waals surface area (Å²) in [5.41, 5.74) is 2.75. The molecule has 1 aliphatic rings. The van der Waals surface area contributed by atoms with Crippen LogP contribution in [-0.2, 0) is 0 Å². The van der Waals surface area contributed by atoms with Gasteiger partial charge < -0.3 is 14.8 Å². The first-order valence-corrected chi connectivity index (χ1v) is 9.88. The highest BCUT2D eigenvalue weighted by Crippen LogP contribution is 2.40. The molecule has 1 saturated heterocycles. The Morgan fingerprint density at radius 1 is 1.18 bits per heavy atom. The number of rotatable bonds is 4. The lowest BCUT2D eigenvalue weighted by atomic mass is 10.0. The van der Waals surface area contributed by atoms with Crippen molar-refractivity contribution in [3.05, 3.63) is 83.2 Å². The molecule has 2 aromatic heterocycles. The molecule has 4 nitrogen and oxygen atoms in total. The van der Waals surface area contributed by atoms with Crippen LogP contribution >= 0.6 is 23.8 Å². The van der Waals surface area contributed by atoms with Crippen LogP contribution in [0.5, 0.6) is 0 Å². The van der Waals surface area contributed by atoms with E-state index in [4.69, 9.17) is 23.8 Å². The third-order valence-corrected chi connectivity index (χ3v) is 5.57. The fourth-order valence-electron chi connectivity index (χ4n) is 3.74. The van der Waals surface area contributed by atoms with Gasteiger partial charge in [-0.2, -0.15) is 0 Å². The lowest BCUT2D eigenvalue weighted by Gasteiger charge is -2.31. The number of hydrogen-bond acceptors (Lipinski definition) is 2. The average molecular weight is 415 g/mol. The molecule has 28 heavy (non-hydrogen) atoms. The Morgan fingerprint density at radius 2 is 2.00 bits per heavy atom. The topological polar surface area (TPSA) is 33.1 Å². The molecule has 0 amide bonds. The van der Waals surface area contributed by atoms with Crippen molar-refractivity contribution in [1.29, 1.82) is 0 Å². The number of pyridine rings is 1. The summed E-state index contributed by atoms with van der Waals surface area (Å²) >= 11 is 11.7. The Morgan fingerprint density at radius 3 is 2.68 bits per heavy atom. The number of hydrogen-bond donors (Lipinski definition) is 1. The van der Waals surface area contributed by atoms with Crippen LogP contribution in [0.25, 0.3) is 5.69 Å². The van der Waals surface area contributed by atoms with Gasteiger partial charge in [0, 0.05) is 29.8 Å². The molecular formula is C21H20ClFN4S. The zero-order valence-electron chi connectivity index (χ0n) is 15.5. The normalized spacial score (nSPS) is 19.3. The second-order valence-electron chi connectivity index (χ2n) is 7.03. The summed E-state index contributed by atoms with van der Waals surface area (Å²) in [5, 5.41) is 4.23. The summed E-state index contributed by atoms with van der Waals surface area (Å²) in [7, 11) is 0. The van der Waals surface area contributed by atoms with Crippen molar-refractivity contribution < 1.29 is 4.39 Å². The molecule has 0 spiro atoms. The largest absolute Gasteiger partial charge is 0.352 e. The third-order valence-electron chi connectivity index (χ3n) is 4.96. The van der Waals surface area contributed by atoms with E-state index < -0.39 is 5.82 Å². The maximum Gasteiger partial charge on any atom is 0.170 e. The van der Waals surface area contributed by atoms with Gasteiger partial charge >= 0.3 is 0 Å². The summed E-state index contributed by atoms with van der Waals surface area (Å²) < 4.78 is 15.7. The molecule has 7 heteroatoms. The highest BCUT2D eigenvalue weighted by Gasteiger charge is 2.42. The van der Waals surface area contributed by atoms with Gasteiger partial charge in [-0.25, -0.2) is 4.39 Å². The Hall–Kier alpha value is -2.44. The van der Waals surface area contributed by atoms with Crippen molar-refractivity contribution in [1.82, 2.24) is 19.8 Å². The molecule has 1 aromatic carbocycles. The van der Waals surface area contributed by atoms with Crippen LogP contribution in [0.15, 0.2) is 60.9 Å². The van der Waals surface area contributed by atoms with E-state index in [0.29, 0.717) is 5.11 Å². The number of thiocarbonyl (C=S) groups is 1.